The number of hydrogen-bond donors (Lipinski definition) is 1. The molecule has 3 atom stereocenters. The van der Waals surface area contributed by atoms with Gasteiger partial charge in [0, 0.05) is 13.1 Å². The van der Waals surface area contributed by atoms with Crippen LogP contribution >= 0.6 is 12.2 Å². The summed E-state index contributed by atoms with van der Waals surface area (Å²) in [5.41, 5.74) is 1.28. The Morgan fingerprint density at radius 3 is 2.37 bits per heavy atom. The number of nitrogens with zero attached hydrogens (tertiary/aromatic N) is 1. The van der Waals surface area contributed by atoms with Crippen molar-refractivity contribution in [1.82, 2.24) is 10.2 Å². The van der Waals surface area contributed by atoms with E-state index >= 15 is 0 Å². The Bertz CT molecular complexity index is 408. The summed E-state index contributed by atoms with van der Waals surface area (Å²) >= 11 is 5.57. The Hall–Kier alpha value is -1.09. The average Bonchev–Trinajstić information content (AvgIpc) is 2.38. The van der Waals surface area contributed by atoms with Gasteiger partial charge in [-0.1, -0.05) is 44.2 Å². The van der Waals surface area contributed by atoms with E-state index in [9.17, 15) is 0 Å². The Kier molecular flexibility index (Phi) is 4.81. The Morgan fingerprint density at radius 1 is 1.21 bits per heavy atom. The lowest BCUT2D eigenvalue weighted by molar-refractivity contribution is 0.211. The molecule has 2 nitrogen and oxygen atoms in total. The highest BCUT2D eigenvalue weighted by Crippen LogP contribution is 2.21. The molecule has 19 heavy (non-hydrogen) atoms. The molecule has 0 amide bonds. The predicted molar refractivity (Wildman–Crippen MR) is 85.1 cm³/mol. The van der Waals surface area contributed by atoms with Gasteiger partial charge in [0.2, 0.25) is 0 Å². The van der Waals surface area contributed by atoms with Gasteiger partial charge in [0.15, 0.2) is 5.11 Å². The number of benzene rings is 1. The largest absolute Gasteiger partial charge is 0.356 e. The van der Waals surface area contributed by atoms with Crippen LogP contribution in [0.2, 0.25) is 0 Å². The van der Waals surface area contributed by atoms with E-state index in [0.29, 0.717) is 0 Å². The van der Waals surface area contributed by atoms with Crippen molar-refractivity contribution in [2.24, 2.45) is 11.8 Å². The Morgan fingerprint density at radius 2 is 1.79 bits per heavy atom. The molecular formula is C16H24N2S. The maximum atomic E-state index is 5.57. The van der Waals surface area contributed by atoms with Gasteiger partial charge in [0.25, 0.3) is 0 Å². The van der Waals surface area contributed by atoms with Gasteiger partial charge < -0.3 is 10.2 Å². The third-order valence-electron chi connectivity index (χ3n) is 3.80. The molecule has 1 aromatic carbocycles. The second-order valence-electron chi connectivity index (χ2n) is 5.93. The van der Waals surface area contributed by atoms with E-state index in [1.807, 2.05) is 6.07 Å². The zero-order valence-corrected chi connectivity index (χ0v) is 12.9. The summed E-state index contributed by atoms with van der Waals surface area (Å²) in [4.78, 5) is 2.33. The Balaban J connectivity index is 1.93. The minimum atomic E-state index is 0.265. The van der Waals surface area contributed by atoms with Crippen molar-refractivity contribution in [3.05, 3.63) is 35.9 Å². The van der Waals surface area contributed by atoms with Gasteiger partial charge in [0.05, 0.1) is 6.04 Å². The number of likely N-dealkylation sites (tertiary alicyclic amines) is 1. The average molecular weight is 276 g/mol. The van der Waals surface area contributed by atoms with Crippen LogP contribution < -0.4 is 5.32 Å². The van der Waals surface area contributed by atoms with Gasteiger partial charge >= 0.3 is 0 Å². The first-order valence-corrected chi connectivity index (χ1v) is 7.57. The summed E-state index contributed by atoms with van der Waals surface area (Å²) in [5, 5.41) is 4.36. The molecule has 104 valence electrons. The first kappa shape index (κ1) is 14.3. The van der Waals surface area contributed by atoms with E-state index in [0.717, 1.165) is 30.0 Å². The van der Waals surface area contributed by atoms with Crippen LogP contribution in [0.15, 0.2) is 30.3 Å². The van der Waals surface area contributed by atoms with Crippen LogP contribution in [0, 0.1) is 11.8 Å². The summed E-state index contributed by atoms with van der Waals surface area (Å²) in [5.74, 6) is 1.46. The number of nitrogens with one attached hydrogen (secondary N) is 1. The van der Waals surface area contributed by atoms with E-state index in [-0.39, 0.29) is 6.04 Å². The maximum absolute atomic E-state index is 5.57. The topological polar surface area (TPSA) is 15.3 Å². The molecule has 0 radical (unpaired) electrons. The fourth-order valence-electron chi connectivity index (χ4n) is 2.93. The number of piperidine rings is 1. The Labute approximate surface area is 122 Å². The second-order valence-corrected chi connectivity index (χ2v) is 6.32. The highest BCUT2D eigenvalue weighted by atomic mass is 32.1. The smallest absolute Gasteiger partial charge is 0.169 e. The van der Waals surface area contributed by atoms with E-state index < -0.39 is 0 Å². The first-order chi connectivity index (χ1) is 9.06. The molecule has 1 N–H and O–H groups in total. The highest BCUT2D eigenvalue weighted by Gasteiger charge is 2.24. The molecule has 0 aliphatic carbocycles. The van der Waals surface area contributed by atoms with Crippen molar-refractivity contribution >= 4 is 17.3 Å². The summed E-state index contributed by atoms with van der Waals surface area (Å²) in [6.45, 7) is 8.95. The number of hydrogen-bond acceptors (Lipinski definition) is 1. The van der Waals surface area contributed by atoms with Gasteiger partial charge in [0.1, 0.15) is 0 Å². The lowest BCUT2D eigenvalue weighted by atomic mass is 9.92. The molecule has 1 aliphatic heterocycles. The van der Waals surface area contributed by atoms with Crippen LogP contribution in [0.1, 0.15) is 38.8 Å². The van der Waals surface area contributed by atoms with Gasteiger partial charge in [-0.15, -0.1) is 0 Å². The molecule has 0 spiro atoms. The normalized spacial score (nSPS) is 24.9. The van der Waals surface area contributed by atoms with E-state index in [4.69, 9.17) is 12.2 Å². The molecule has 1 aromatic rings. The molecule has 1 aliphatic rings. The zero-order valence-electron chi connectivity index (χ0n) is 12.1. The SMILES string of the molecule is CC1CC(C)CN(C(=S)NC(C)c2ccccc2)C1. The minimum absolute atomic E-state index is 0.265. The third kappa shape index (κ3) is 3.93. The van der Waals surface area contributed by atoms with Crippen molar-refractivity contribution in [2.45, 2.75) is 33.2 Å². The molecule has 3 unspecified atom stereocenters. The molecule has 1 saturated heterocycles. The predicted octanol–water partition coefficient (Wildman–Crippen LogP) is 3.60. The summed E-state index contributed by atoms with van der Waals surface area (Å²) in [6.07, 6.45) is 1.31. The molecule has 0 saturated carbocycles. The van der Waals surface area contributed by atoms with Gasteiger partial charge in [-0.05, 0) is 43.0 Å². The van der Waals surface area contributed by atoms with Crippen molar-refractivity contribution in [3.63, 3.8) is 0 Å². The zero-order chi connectivity index (χ0) is 13.8. The quantitative estimate of drug-likeness (QED) is 0.831. The third-order valence-corrected chi connectivity index (χ3v) is 4.17. The van der Waals surface area contributed by atoms with Crippen LogP contribution in [-0.2, 0) is 0 Å². The van der Waals surface area contributed by atoms with Gasteiger partial charge in [-0.3, -0.25) is 0 Å². The van der Waals surface area contributed by atoms with Crippen LogP contribution in [0.4, 0.5) is 0 Å². The van der Waals surface area contributed by atoms with Crippen molar-refractivity contribution in [2.75, 3.05) is 13.1 Å². The molecule has 3 heteroatoms. The molecule has 0 bridgehead atoms. The van der Waals surface area contributed by atoms with Crippen LogP contribution in [-0.4, -0.2) is 23.1 Å². The van der Waals surface area contributed by atoms with Crippen LogP contribution in [0.5, 0.6) is 0 Å². The molecule has 0 aromatic heterocycles. The van der Waals surface area contributed by atoms with Gasteiger partial charge in [-0.25, -0.2) is 0 Å². The second kappa shape index (κ2) is 6.38. The molecule has 1 fully saturated rings. The summed E-state index contributed by atoms with van der Waals surface area (Å²) in [6, 6.07) is 10.7. The standard InChI is InChI=1S/C16H24N2S/c1-12-9-13(2)11-18(10-12)16(19)17-14(3)15-7-5-4-6-8-15/h4-8,12-14H,9-11H2,1-3H3,(H,17,19). The number of thiocarbonyl (C=S) groups is 1. The lowest BCUT2D eigenvalue weighted by Crippen LogP contribution is -2.47. The fraction of sp³-hybridized carbons (Fsp3) is 0.562. The van der Waals surface area contributed by atoms with Crippen molar-refractivity contribution < 1.29 is 0 Å². The van der Waals surface area contributed by atoms with E-state index in [1.54, 1.807) is 0 Å². The first-order valence-electron chi connectivity index (χ1n) is 7.16. The van der Waals surface area contributed by atoms with Crippen molar-refractivity contribution in [1.29, 1.82) is 0 Å². The van der Waals surface area contributed by atoms with Crippen molar-refractivity contribution in [3.8, 4) is 0 Å². The maximum Gasteiger partial charge on any atom is 0.169 e. The van der Waals surface area contributed by atoms with E-state index in [1.165, 1.54) is 12.0 Å². The van der Waals surface area contributed by atoms with E-state index in [2.05, 4.69) is 55.3 Å². The van der Waals surface area contributed by atoms with Crippen LogP contribution in [0.25, 0.3) is 0 Å². The molecule has 2 rings (SSSR count). The summed E-state index contributed by atoms with van der Waals surface area (Å²) in [7, 11) is 0. The summed E-state index contributed by atoms with van der Waals surface area (Å²) < 4.78 is 0. The fourth-order valence-corrected chi connectivity index (χ4v) is 3.26. The van der Waals surface area contributed by atoms with Crippen LogP contribution in [0.3, 0.4) is 0 Å². The molecular weight excluding hydrogens is 252 g/mol. The number of rotatable bonds is 2. The highest BCUT2D eigenvalue weighted by molar-refractivity contribution is 7.80. The minimum Gasteiger partial charge on any atom is -0.356 e. The monoisotopic (exact) mass is 276 g/mol. The lowest BCUT2D eigenvalue weighted by Gasteiger charge is -2.37. The molecule has 1 heterocycles. The van der Waals surface area contributed by atoms with Gasteiger partial charge in [-0.2, -0.15) is 0 Å².